The van der Waals surface area contributed by atoms with Crippen LogP contribution in [0.3, 0.4) is 0 Å². The Labute approximate surface area is 171 Å². The molecule has 2 heterocycles. The van der Waals surface area contributed by atoms with Gasteiger partial charge < -0.3 is 14.5 Å². The van der Waals surface area contributed by atoms with Crippen LogP contribution in [0, 0.1) is 12.7 Å². The van der Waals surface area contributed by atoms with Crippen LogP contribution in [0.4, 0.5) is 10.3 Å². The van der Waals surface area contributed by atoms with Crippen LogP contribution in [0.25, 0.3) is 11.4 Å². The molecule has 7 nitrogen and oxygen atoms in total. The van der Waals surface area contributed by atoms with E-state index >= 15 is 0 Å². The molecule has 1 aromatic heterocycles. The third-order valence-corrected chi connectivity index (χ3v) is 5.65. The number of amides is 1. The molecule has 158 valence electrons. The van der Waals surface area contributed by atoms with E-state index in [0.717, 1.165) is 18.4 Å². The highest BCUT2D eigenvalue weighted by Gasteiger charge is 2.30. The molecule has 0 N–H and O–H groups in total. The largest absolute Gasteiger partial charge is 0.380 e. The molecule has 1 amide bonds. The highest BCUT2D eigenvalue weighted by molar-refractivity contribution is 5.75. The van der Waals surface area contributed by atoms with E-state index in [1.165, 1.54) is 12.1 Å². The summed E-state index contributed by atoms with van der Waals surface area (Å²) >= 11 is 0. The van der Waals surface area contributed by atoms with Crippen molar-refractivity contribution < 1.29 is 13.9 Å². The fraction of sp³-hybridized carbons (Fsp3) is 0.571. The van der Waals surface area contributed by atoms with Gasteiger partial charge in [-0.05, 0) is 44.4 Å². The third-order valence-electron chi connectivity index (χ3n) is 5.65. The monoisotopic (exact) mass is 403 g/mol. The van der Waals surface area contributed by atoms with Crippen molar-refractivity contribution in [1.29, 1.82) is 0 Å². The summed E-state index contributed by atoms with van der Waals surface area (Å²) in [5.41, 5.74) is 1.60. The number of benzene rings is 1. The van der Waals surface area contributed by atoms with E-state index in [9.17, 15) is 9.18 Å². The molecule has 1 fully saturated rings. The van der Waals surface area contributed by atoms with Crippen molar-refractivity contribution in [2.45, 2.75) is 51.8 Å². The summed E-state index contributed by atoms with van der Waals surface area (Å²) in [5, 5.41) is 8.88. The van der Waals surface area contributed by atoms with Crippen LogP contribution in [-0.4, -0.2) is 65.5 Å². The quantitative estimate of drug-likeness (QED) is 0.742. The Morgan fingerprint density at radius 3 is 2.76 bits per heavy atom. The zero-order valence-corrected chi connectivity index (χ0v) is 17.9. The van der Waals surface area contributed by atoms with Gasteiger partial charge in [-0.25, -0.2) is 4.39 Å². The van der Waals surface area contributed by atoms with Crippen molar-refractivity contribution in [1.82, 2.24) is 19.7 Å². The number of nitrogens with zero attached hydrogens (tertiary/aromatic N) is 5. The van der Waals surface area contributed by atoms with Crippen molar-refractivity contribution in [2.24, 2.45) is 0 Å². The number of hydrogen-bond donors (Lipinski definition) is 0. The molecule has 0 radical (unpaired) electrons. The molecule has 2 aromatic rings. The first-order chi connectivity index (χ1) is 13.8. The number of methoxy groups -OCH3 is 1. The number of anilines is 1. The fourth-order valence-corrected chi connectivity index (χ4v) is 3.72. The van der Waals surface area contributed by atoms with Crippen molar-refractivity contribution in [3.63, 3.8) is 0 Å². The van der Waals surface area contributed by atoms with Gasteiger partial charge in [0.25, 0.3) is 0 Å². The standard InChI is InChI=1S/C21H30FN5O2/c1-14-6-8-16(22)12-18(14)20-23-24-21(26(20)11-10-19(28)25(3)4)27-13-17(29-5)9-7-15(27)2/h6,8,12,15,17H,7,9-11,13H2,1-5H3. The number of hydrogen-bond acceptors (Lipinski definition) is 5. The Morgan fingerprint density at radius 2 is 2.07 bits per heavy atom. The van der Waals surface area contributed by atoms with Gasteiger partial charge in [0.1, 0.15) is 5.82 Å². The third kappa shape index (κ3) is 4.58. The minimum atomic E-state index is -0.322. The van der Waals surface area contributed by atoms with Crippen LogP contribution in [-0.2, 0) is 16.1 Å². The molecular weight excluding hydrogens is 373 g/mol. The molecular formula is C21H30FN5O2. The van der Waals surface area contributed by atoms with Crippen molar-refractivity contribution in [2.75, 3.05) is 32.6 Å². The smallest absolute Gasteiger partial charge is 0.227 e. The maximum atomic E-state index is 14.0. The van der Waals surface area contributed by atoms with Gasteiger partial charge in [-0.2, -0.15) is 0 Å². The van der Waals surface area contributed by atoms with Gasteiger partial charge in [-0.15, -0.1) is 10.2 Å². The van der Waals surface area contributed by atoms with Gasteiger partial charge in [0.15, 0.2) is 5.82 Å². The molecule has 1 aliphatic heterocycles. The van der Waals surface area contributed by atoms with Crippen molar-refractivity contribution in [3.8, 4) is 11.4 Å². The van der Waals surface area contributed by atoms with Crippen LogP contribution in [0.15, 0.2) is 18.2 Å². The van der Waals surface area contributed by atoms with Crippen LogP contribution >= 0.6 is 0 Å². The summed E-state index contributed by atoms with van der Waals surface area (Å²) in [6.45, 7) is 5.21. The van der Waals surface area contributed by atoms with E-state index < -0.39 is 0 Å². The molecule has 1 saturated heterocycles. The second kappa shape index (κ2) is 8.90. The van der Waals surface area contributed by atoms with Crippen LogP contribution in [0.5, 0.6) is 0 Å². The van der Waals surface area contributed by atoms with E-state index in [-0.39, 0.29) is 23.9 Å². The van der Waals surface area contributed by atoms with Gasteiger partial charge in [0.05, 0.1) is 6.10 Å². The van der Waals surface area contributed by atoms with E-state index in [4.69, 9.17) is 4.74 Å². The molecule has 0 spiro atoms. The summed E-state index contributed by atoms with van der Waals surface area (Å²) in [7, 11) is 5.20. The minimum absolute atomic E-state index is 0.0213. The number of rotatable bonds is 6. The Kier molecular flexibility index (Phi) is 6.52. The second-order valence-corrected chi connectivity index (χ2v) is 7.91. The van der Waals surface area contributed by atoms with Gasteiger partial charge in [-0.3, -0.25) is 9.36 Å². The SMILES string of the molecule is COC1CCC(C)N(c2nnc(-c3cc(F)ccc3C)n2CCC(=O)N(C)C)C1. The normalized spacial score (nSPS) is 19.4. The van der Waals surface area contributed by atoms with Gasteiger partial charge >= 0.3 is 0 Å². The average molecular weight is 404 g/mol. The molecule has 2 unspecified atom stereocenters. The first kappa shape index (κ1) is 21.2. The molecule has 3 rings (SSSR count). The van der Waals surface area contributed by atoms with E-state index in [1.807, 2.05) is 11.5 Å². The number of carbonyl (C=O) groups excluding carboxylic acids is 1. The summed E-state index contributed by atoms with van der Waals surface area (Å²) in [6, 6.07) is 4.92. The molecule has 2 atom stereocenters. The number of aromatic nitrogens is 3. The maximum Gasteiger partial charge on any atom is 0.227 e. The lowest BCUT2D eigenvalue weighted by Gasteiger charge is -2.38. The topological polar surface area (TPSA) is 63.5 Å². The molecule has 0 saturated carbocycles. The zero-order valence-electron chi connectivity index (χ0n) is 17.9. The first-order valence-electron chi connectivity index (χ1n) is 10.0. The Morgan fingerprint density at radius 1 is 1.31 bits per heavy atom. The summed E-state index contributed by atoms with van der Waals surface area (Å²) < 4.78 is 21.5. The lowest BCUT2D eigenvalue weighted by atomic mass is 10.0. The molecule has 1 aromatic carbocycles. The highest BCUT2D eigenvalue weighted by atomic mass is 19.1. The Balaban J connectivity index is 2.03. The average Bonchev–Trinajstić information content (AvgIpc) is 3.11. The number of ether oxygens (including phenoxy) is 1. The second-order valence-electron chi connectivity index (χ2n) is 7.91. The van der Waals surface area contributed by atoms with Crippen molar-refractivity contribution >= 4 is 11.9 Å². The number of aryl methyl sites for hydroxylation is 1. The number of carbonyl (C=O) groups is 1. The lowest BCUT2D eigenvalue weighted by molar-refractivity contribution is -0.128. The molecule has 0 aliphatic carbocycles. The van der Waals surface area contributed by atoms with Gasteiger partial charge in [0, 0.05) is 52.3 Å². The number of piperidine rings is 1. The fourth-order valence-electron chi connectivity index (χ4n) is 3.72. The minimum Gasteiger partial charge on any atom is -0.380 e. The van der Waals surface area contributed by atoms with E-state index in [1.54, 1.807) is 32.2 Å². The van der Waals surface area contributed by atoms with E-state index in [2.05, 4.69) is 22.0 Å². The first-order valence-corrected chi connectivity index (χ1v) is 10.0. The van der Waals surface area contributed by atoms with Crippen LogP contribution < -0.4 is 4.90 Å². The summed E-state index contributed by atoms with van der Waals surface area (Å²) in [5.74, 6) is 0.977. The van der Waals surface area contributed by atoms with Crippen molar-refractivity contribution in [3.05, 3.63) is 29.6 Å². The maximum absolute atomic E-state index is 14.0. The van der Waals surface area contributed by atoms with Crippen LogP contribution in [0.1, 0.15) is 31.7 Å². The summed E-state index contributed by atoms with van der Waals surface area (Å²) in [6.07, 6.45) is 2.42. The Bertz CT molecular complexity index is 867. The molecule has 1 aliphatic rings. The predicted octanol–water partition coefficient (Wildman–Crippen LogP) is 2.87. The van der Waals surface area contributed by atoms with Gasteiger partial charge in [-0.1, -0.05) is 6.07 Å². The molecule has 0 bridgehead atoms. The molecule has 8 heteroatoms. The van der Waals surface area contributed by atoms with Crippen LogP contribution in [0.2, 0.25) is 0 Å². The van der Waals surface area contributed by atoms with E-state index in [0.29, 0.717) is 36.8 Å². The van der Waals surface area contributed by atoms with Gasteiger partial charge in [0.2, 0.25) is 11.9 Å². The zero-order chi connectivity index (χ0) is 21.1. The highest BCUT2D eigenvalue weighted by Crippen LogP contribution is 2.30. The number of halogens is 1. The predicted molar refractivity (Wildman–Crippen MR) is 110 cm³/mol. The Hall–Kier alpha value is -2.48. The summed E-state index contributed by atoms with van der Waals surface area (Å²) in [4.78, 5) is 16.0. The lowest BCUT2D eigenvalue weighted by Crippen LogP contribution is -2.46. The molecule has 29 heavy (non-hydrogen) atoms.